The minimum atomic E-state index is -4.82. The summed E-state index contributed by atoms with van der Waals surface area (Å²) in [5.41, 5.74) is 11.7. The van der Waals surface area contributed by atoms with Gasteiger partial charge in [0.15, 0.2) is 0 Å². The van der Waals surface area contributed by atoms with Crippen molar-refractivity contribution >= 4 is 43.6 Å². The van der Waals surface area contributed by atoms with Crippen LogP contribution in [0.2, 0.25) is 0 Å². The largest absolute Gasteiger partial charge is 0.420 e. The number of hydrogen-bond acceptors (Lipinski definition) is 1. The van der Waals surface area contributed by atoms with E-state index in [9.17, 15) is 5.26 Å². The Balaban J connectivity index is 1.33. The lowest BCUT2D eigenvalue weighted by Gasteiger charge is -2.24. The van der Waals surface area contributed by atoms with Crippen molar-refractivity contribution in [3.63, 3.8) is 0 Å². The number of fused-ring (bicyclic) bond motifs is 6. The summed E-state index contributed by atoms with van der Waals surface area (Å²) >= 11 is 0. The van der Waals surface area contributed by atoms with Gasteiger partial charge in [0.1, 0.15) is 5.56 Å². The fourth-order valence-electron chi connectivity index (χ4n) is 9.36. The van der Waals surface area contributed by atoms with E-state index >= 15 is 13.2 Å². The number of nitriles is 1. The van der Waals surface area contributed by atoms with Crippen molar-refractivity contribution in [2.45, 2.75) is 33.9 Å². The van der Waals surface area contributed by atoms with E-state index in [0.717, 1.165) is 66.1 Å². The molecule has 0 saturated carbocycles. The molecule has 10 rings (SSSR count). The van der Waals surface area contributed by atoms with Crippen LogP contribution < -0.4 is 0 Å². The molecule has 0 radical (unpaired) electrons. The molecule has 0 amide bonds. The van der Waals surface area contributed by atoms with Crippen molar-refractivity contribution in [1.82, 2.24) is 9.13 Å². The molecule has 60 heavy (non-hydrogen) atoms. The average molecular weight is 786 g/mol. The Morgan fingerprint density at radius 2 is 0.933 bits per heavy atom. The molecular weight excluding hydrogens is 748 g/mol. The normalized spacial score (nSPS) is 11.9. The molecule has 290 valence electrons. The number of alkyl halides is 3. The van der Waals surface area contributed by atoms with Crippen molar-refractivity contribution in [3.8, 4) is 50.8 Å². The average Bonchev–Trinajstić information content (AvgIpc) is 3.74. The highest BCUT2D eigenvalue weighted by Crippen LogP contribution is 2.48. The lowest BCUT2D eigenvalue weighted by Crippen LogP contribution is -2.16. The number of para-hydroxylation sites is 2. The lowest BCUT2D eigenvalue weighted by atomic mass is 9.96. The van der Waals surface area contributed by atoms with Crippen LogP contribution in [-0.4, -0.2) is 9.13 Å². The van der Waals surface area contributed by atoms with E-state index in [1.165, 1.54) is 0 Å². The van der Waals surface area contributed by atoms with Crippen LogP contribution in [-0.2, 0) is 6.18 Å². The van der Waals surface area contributed by atoms with Gasteiger partial charge in [-0.2, -0.15) is 18.4 Å². The number of rotatable bonds is 5. The molecule has 0 atom stereocenters. The van der Waals surface area contributed by atoms with Crippen molar-refractivity contribution in [3.05, 3.63) is 191 Å². The van der Waals surface area contributed by atoms with Crippen LogP contribution in [0.3, 0.4) is 0 Å². The van der Waals surface area contributed by atoms with E-state index in [1.54, 1.807) is 45.5 Å². The maximum absolute atomic E-state index is 16.6. The summed E-state index contributed by atoms with van der Waals surface area (Å²) < 4.78 is 53.3. The van der Waals surface area contributed by atoms with E-state index in [0.29, 0.717) is 38.8 Å². The second-order valence-corrected chi connectivity index (χ2v) is 16.0. The third kappa shape index (κ3) is 6.05. The SMILES string of the molecule is Cc1cc(C)cc(-c2ccc3c(c2)c2ccccc2n3-c2ccc(-c3cccc(C#N)c3)c(-n3c4ccccc4c4cc(-c5cc(C)cc(C)c5)ccc43)c2C(F)(F)F)c1. The van der Waals surface area contributed by atoms with Gasteiger partial charge in [-0.3, -0.25) is 0 Å². The van der Waals surface area contributed by atoms with Gasteiger partial charge in [-0.15, -0.1) is 0 Å². The molecule has 0 unspecified atom stereocenters. The third-order valence-corrected chi connectivity index (χ3v) is 11.7. The molecular formula is C54H38F3N3. The highest BCUT2D eigenvalue weighted by atomic mass is 19.4. The first kappa shape index (κ1) is 36.9. The Bertz CT molecular complexity index is 3390. The summed E-state index contributed by atoms with van der Waals surface area (Å²) in [6.45, 7) is 8.27. The van der Waals surface area contributed by atoms with E-state index in [1.807, 2.05) is 72.8 Å². The molecule has 0 bridgehead atoms. The molecule has 8 aromatic carbocycles. The third-order valence-electron chi connectivity index (χ3n) is 11.7. The molecule has 0 spiro atoms. The molecule has 3 nitrogen and oxygen atoms in total. The fourth-order valence-corrected chi connectivity index (χ4v) is 9.36. The standard InChI is InChI=1S/C54H38F3N3/c1-32-22-33(2)25-40(24-32)37-16-19-49-45(29-37)43-12-5-7-14-47(43)59(49)51-21-18-42(39-11-9-10-36(28-39)31-58)53(52(51)54(55,56)57)60-48-15-8-6-13-44(48)46-30-38(17-20-50(46)60)41-26-34(3)23-35(4)27-41/h5-30H,1-4H3. The first-order chi connectivity index (χ1) is 29.0. The zero-order valence-electron chi connectivity index (χ0n) is 33.5. The Morgan fingerprint density at radius 3 is 1.47 bits per heavy atom. The van der Waals surface area contributed by atoms with Gasteiger partial charge in [-0.25, -0.2) is 0 Å². The predicted octanol–water partition coefficient (Wildman–Crippen LogP) is 15.0. The summed E-state index contributed by atoms with van der Waals surface area (Å²) in [6.07, 6.45) is -4.82. The highest BCUT2D eigenvalue weighted by Gasteiger charge is 2.40. The van der Waals surface area contributed by atoms with Crippen LogP contribution in [0.5, 0.6) is 0 Å². The minimum absolute atomic E-state index is 0.00164. The Labute approximate surface area is 345 Å². The van der Waals surface area contributed by atoms with Crippen molar-refractivity contribution in [1.29, 1.82) is 5.26 Å². The maximum Gasteiger partial charge on any atom is 0.420 e. The summed E-state index contributed by atoms with van der Waals surface area (Å²) in [7, 11) is 0. The van der Waals surface area contributed by atoms with Gasteiger partial charge in [0, 0.05) is 27.1 Å². The molecule has 0 saturated heterocycles. The summed E-state index contributed by atoms with van der Waals surface area (Å²) in [6, 6.07) is 52.6. The maximum atomic E-state index is 16.6. The summed E-state index contributed by atoms with van der Waals surface area (Å²) in [5, 5.41) is 13.3. The number of nitrogens with zero attached hydrogens (tertiary/aromatic N) is 3. The second kappa shape index (κ2) is 13.9. The molecule has 2 heterocycles. The smallest absolute Gasteiger partial charge is 0.309 e. The number of halogens is 3. The zero-order chi connectivity index (χ0) is 41.4. The number of benzene rings is 8. The Kier molecular flexibility index (Phi) is 8.55. The van der Waals surface area contributed by atoms with E-state index in [-0.39, 0.29) is 11.4 Å². The van der Waals surface area contributed by atoms with Crippen molar-refractivity contribution < 1.29 is 13.2 Å². The van der Waals surface area contributed by atoms with Crippen LogP contribution in [0.1, 0.15) is 33.4 Å². The molecule has 0 aliphatic heterocycles. The first-order valence-corrected chi connectivity index (χ1v) is 20.0. The van der Waals surface area contributed by atoms with E-state index in [2.05, 4.69) is 82.3 Å². The monoisotopic (exact) mass is 785 g/mol. The van der Waals surface area contributed by atoms with Gasteiger partial charge < -0.3 is 9.13 Å². The van der Waals surface area contributed by atoms with E-state index in [4.69, 9.17) is 0 Å². The van der Waals surface area contributed by atoms with Crippen LogP contribution in [0.4, 0.5) is 13.2 Å². The Morgan fingerprint density at radius 1 is 0.433 bits per heavy atom. The number of aryl methyl sites for hydroxylation is 4. The molecule has 0 fully saturated rings. The zero-order valence-corrected chi connectivity index (χ0v) is 33.5. The van der Waals surface area contributed by atoms with Crippen LogP contribution in [0.15, 0.2) is 158 Å². The molecule has 10 aromatic rings. The van der Waals surface area contributed by atoms with Gasteiger partial charge in [0.2, 0.25) is 0 Å². The number of hydrogen-bond donors (Lipinski definition) is 0. The van der Waals surface area contributed by atoms with Crippen LogP contribution >= 0.6 is 0 Å². The van der Waals surface area contributed by atoms with Gasteiger partial charge in [-0.1, -0.05) is 125 Å². The highest BCUT2D eigenvalue weighted by molar-refractivity contribution is 6.13. The van der Waals surface area contributed by atoms with E-state index < -0.39 is 11.7 Å². The summed E-state index contributed by atoms with van der Waals surface area (Å²) in [5.74, 6) is 0. The predicted molar refractivity (Wildman–Crippen MR) is 240 cm³/mol. The molecule has 0 aliphatic rings. The van der Waals surface area contributed by atoms with Crippen LogP contribution in [0, 0.1) is 39.0 Å². The van der Waals surface area contributed by atoms with Gasteiger partial charge in [-0.05, 0) is 110 Å². The van der Waals surface area contributed by atoms with Gasteiger partial charge in [0.25, 0.3) is 0 Å². The van der Waals surface area contributed by atoms with Gasteiger partial charge in [0.05, 0.1) is 45.1 Å². The topological polar surface area (TPSA) is 33.6 Å². The minimum Gasteiger partial charge on any atom is -0.309 e. The van der Waals surface area contributed by atoms with Crippen molar-refractivity contribution in [2.75, 3.05) is 0 Å². The summed E-state index contributed by atoms with van der Waals surface area (Å²) in [4.78, 5) is 0. The fraction of sp³-hybridized carbons (Fsp3) is 0.0926. The quantitative estimate of drug-likeness (QED) is 0.171. The van der Waals surface area contributed by atoms with Crippen LogP contribution in [0.25, 0.3) is 88.4 Å². The second-order valence-electron chi connectivity index (χ2n) is 16.0. The van der Waals surface area contributed by atoms with Crippen molar-refractivity contribution in [2.24, 2.45) is 0 Å². The Hall–Kier alpha value is -7.36. The van der Waals surface area contributed by atoms with Gasteiger partial charge >= 0.3 is 6.18 Å². The number of aromatic nitrogens is 2. The molecule has 6 heteroatoms. The molecule has 2 aromatic heterocycles. The first-order valence-electron chi connectivity index (χ1n) is 20.0. The lowest BCUT2D eigenvalue weighted by molar-refractivity contribution is -0.137. The molecule has 0 N–H and O–H groups in total. The molecule has 0 aliphatic carbocycles.